The molecular formula is C16H20N2O4. The molecule has 118 valence electrons. The molecule has 0 spiro atoms. The third kappa shape index (κ3) is 4.00. The van der Waals surface area contributed by atoms with Gasteiger partial charge in [-0.15, -0.1) is 0 Å². The van der Waals surface area contributed by atoms with Gasteiger partial charge in [0.2, 0.25) is 0 Å². The van der Waals surface area contributed by atoms with Gasteiger partial charge in [0.05, 0.1) is 0 Å². The van der Waals surface area contributed by atoms with Crippen molar-refractivity contribution in [2.45, 2.75) is 39.3 Å². The Bertz CT molecular complexity index is 685. The third-order valence-electron chi connectivity index (χ3n) is 2.85. The van der Waals surface area contributed by atoms with Gasteiger partial charge in [-0.3, -0.25) is 0 Å². The number of esters is 1. The molecule has 1 aromatic carbocycles. The highest BCUT2D eigenvalue weighted by molar-refractivity contribution is 5.90. The van der Waals surface area contributed by atoms with Crippen LogP contribution >= 0.6 is 0 Å². The summed E-state index contributed by atoms with van der Waals surface area (Å²) >= 11 is 0. The fourth-order valence-corrected chi connectivity index (χ4v) is 1.87. The van der Waals surface area contributed by atoms with E-state index in [4.69, 9.17) is 9.47 Å². The second-order valence-corrected chi connectivity index (χ2v) is 5.99. The number of alkyl carbamates (subject to hydrolysis) is 1. The van der Waals surface area contributed by atoms with Gasteiger partial charge in [-0.1, -0.05) is 12.1 Å². The molecule has 0 radical (unpaired) electrons. The standard InChI is InChI=1S/C16H20N2O4/c1-10(18-15(20)22-16(2,3)4)14(19)21-13-9-17-12-8-6-5-7-11(12)13/h5-10,17H,1-4H3,(H,18,20)/t10-/m0/s1. The van der Waals surface area contributed by atoms with Crippen molar-refractivity contribution in [2.75, 3.05) is 0 Å². The summed E-state index contributed by atoms with van der Waals surface area (Å²) in [6.07, 6.45) is 0.957. The molecule has 0 saturated heterocycles. The Morgan fingerprint density at radius 1 is 1.23 bits per heavy atom. The summed E-state index contributed by atoms with van der Waals surface area (Å²) in [5.74, 6) is -0.131. The van der Waals surface area contributed by atoms with Crippen molar-refractivity contribution in [3.63, 3.8) is 0 Å². The molecule has 0 bridgehead atoms. The Labute approximate surface area is 128 Å². The van der Waals surface area contributed by atoms with Gasteiger partial charge in [0.15, 0.2) is 5.75 Å². The van der Waals surface area contributed by atoms with E-state index in [-0.39, 0.29) is 0 Å². The van der Waals surface area contributed by atoms with Gasteiger partial charge in [0, 0.05) is 17.1 Å². The van der Waals surface area contributed by atoms with E-state index in [2.05, 4.69) is 10.3 Å². The van der Waals surface area contributed by atoms with Gasteiger partial charge in [-0.25, -0.2) is 9.59 Å². The largest absolute Gasteiger partial charge is 0.444 e. The molecule has 2 N–H and O–H groups in total. The number of ether oxygens (including phenoxy) is 2. The normalized spacial score (nSPS) is 12.7. The molecule has 6 nitrogen and oxygen atoms in total. The first-order valence-corrected chi connectivity index (χ1v) is 7.03. The average molecular weight is 304 g/mol. The highest BCUT2D eigenvalue weighted by atomic mass is 16.6. The van der Waals surface area contributed by atoms with Crippen molar-refractivity contribution in [1.82, 2.24) is 10.3 Å². The van der Waals surface area contributed by atoms with E-state index >= 15 is 0 Å². The number of H-pyrrole nitrogens is 1. The van der Waals surface area contributed by atoms with Crippen molar-refractivity contribution in [2.24, 2.45) is 0 Å². The van der Waals surface area contributed by atoms with Crippen LogP contribution < -0.4 is 10.1 Å². The van der Waals surface area contributed by atoms with Crippen LogP contribution in [-0.2, 0) is 9.53 Å². The molecule has 1 amide bonds. The zero-order valence-corrected chi connectivity index (χ0v) is 13.1. The third-order valence-corrected chi connectivity index (χ3v) is 2.85. The molecular weight excluding hydrogens is 284 g/mol. The zero-order valence-electron chi connectivity index (χ0n) is 13.1. The quantitative estimate of drug-likeness (QED) is 0.854. The number of carbonyl (C=O) groups is 2. The predicted octanol–water partition coefficient (Wildman–Crippen LogP) is 2.99. The van der Waals surface area contributed by atoms with Crippen LogP contribution in [-0.4, -0.2) is 28.7 Å². The van der Waals surface area contributed by atoms with Crippen LogP contribution in [0.15, 0.2) is 30.5 Å². The highest BCUT2D eigenvalue weighted by Crippen LogP contribution is 2.25. The molecule has 0 unspecified atom stereocenters. The Morgan fingerprint density at radius 3 is 2.59 bits per heavy atom. The number of rotatable bonds is 3. The topological polar surface area (TPSA) is 80.4 Å². The summed E-state index contributed by atoms with van der Waals surface area (Å²) in [7, 11) is 0. The van der Waals surface area contributed by atoms with E-state index in [1.165, 1.54) is 0 Å². The molecule has 0 fully saturated rings. The van der Waals surface area contributed by atoms with Crippen molar-refractivity contribution in [3.8, 4) is 5.75 Å². The number of nitrogens with one attached hydrogen (secondary N) is 2. The minimum atomic E-state index is -0.816. The Morgan fingerprint density at radius 2 is 1.91 bits per heavy atom. The van der Waals surface area contributed by atoms with Gasteiger partial charge in [0.1, 0.15) is 11.6 Å². The van der Waals surface area contributed by atoms with E-state index in [0.717, 1.165) is 10.9 Å². The number of aromatic nitrogens is 1. The number of carbonyl (C=O) groups excluding carboxylic acids is 2. The summed E-state index contributed by atoms with van der Waals surface area (Å²) in [4.78, 5) is 26.7. The minimum Gasteiger partial charge on any atom is -0.444 e. The van der Waals surface area contributed by atoms with Gasteiger partial charge in [-0.05, 0) is 39.8 Å². The van der Waals surface area contributed by atoms with Crippen LogP contribution in [0.5, 0.6) is 5.75 Å². The van der Waals surface area contributed by atoms with Gasteiger partial charge >= 0.3 is 12.1 Å². The molecule has 0 aliphatic rings. The highest BCUT2D eigenvalue weighted by Gasteiger charge is 2.22. The first kappa shape index (κ1) is 15.9. The van der Waals surface area contributed by atoms with Crippen LogP contribution in [0.25, 0.3) is 10.9 Å². The minimum absolute atomic E-state index is 0.429. The molecule has 1 aromatic heterocycles. The molecule has 1 heterocycles. The lowest BCUT2D eigenvalue weighted by molar-refractivity contribution is -0.136. The predicted molar refractivity (Wildman–Crippen MR) is 82.8 cm³/mol. The fraction of sp³-hybridized carbons (Fsp3) is 0.375. The van der Waals surface area contributed by atoms with Crippen molar-refractivity contribution >= 4 is 23.0 Å². The maximum Gasteiger partial charge on any atom is 0.408 e. The average Bonchev–Trinajstić information content (AvgIpc) is 2.80. The molecule has 2 rings (SSSR count). The number of hydrogen-bond donors (Lipinski definition) is 2. The molecule has 2 aromatic rings. The van der Waals surface area contributed by atoms with Crippen molar-refractivity contribution < 1.29 is 19.1 Å². The van der Waals surface area contributed by atoms with Crippen LogP contribution in [0, 0.1) is 0 Å². The molecule has 0 aliphatic carbocycles. The lowest BCUT2D eigenvalue weighted by Crippen LogP contribution is -2.43. The Hall–Kier alpha value is -2.50. The van der Waals surface area contributed by atoms with Crippen LogP contribution in [0.4, 0.5) is 4.79 Å². The summed E-state index contributed by atoms with van der Waals surface area (Å²) < 4.78 is 10.4. The first-order chi connectivity index (χ1) is 10.3. The Kier molecular flexibility index (Phi) is 4.40. The summed E-state index contributed by atoms with van der Waals surface area (Å²) in [6, 6.07) is 6.66. The Balaban J connectivity index is 1.98. The number of para-hydroxylation sites is 1. The van der Waals surface area contributed by atoms with Crippen LogP contribution in [0.1, 0.15) is 27.7 Å². The monoisotopic (exact) mass is 304 g/mol. The maximum absolute atomic E-state index is 12.0. The van der Waals surface area contributed by atoms with Crippen LogP contribution in [0.2, 0.25) is 0 Å². The fourth-order valence-electron chi connectivity index (χ4n) is 1.87. The van der Waals surface area contributed by atoms with E-state index in [1.54, 1.807) is 33.9 Å². The molecule has 0 saturated carbocycles. The lowest BCUT2D eigenvalue weighted by Gasteiger charge is -2.21. The molecule has 0 aliphatic heterocycles. The van der Waals surface area contributed by atoms with E-state index in [9.17, 15) is 9.59 Å². The van der Waals surface area contributed by atoms with Crippen molar-refractivity contribution in [3.05, 3.63) is 30.5 Å². The molecule has 22 heavy (non-hydrogen) atoms. The molecule has 1 atom stereocenters. The second kappa shape index (κ2) is 6.09. The first-order valence-electron chi connectivity index (χ1n) is 7.03. The van der Waals surface area contributed by atoms with E-state index in [1.807, 2.05) is 24.3 Å². The van der Waals surface area contributed by atoms with Gasteiger partial charge in [-0.2, -0.15) is 0 Å². The maximum atomic E-state index is 12.0. The SMILES string of the molecule is C[C@H](NC(=O)OC(C)(C)C)C(=O)Oc1c[nH]c2ccccc12. The number of amides is 1. The summed E-state index contributed by atoms with van der Waals surface area (Å²) in [5.41, 5.74) is 0.253. The van der Waals surface area contributed by atoms with Gasteiger partial charge in [0.25, 0.3) is 0 Å². The van der Waals surface area contributed by atoms with E-state index in [0.29, 0.717) is 5.75 Å². The zero-order chi connectivity index (χ0) is 16.3. The van der Waals surface area contributed by atoms with E-state index < -0.39 is 23.7 Å². The lowest BCUT2D eigenvalue weighted by atomic mass is 10.2. The number of benzene rings is 1. The summed E-state index contributed by atoms with van der Waals surface area (Å²) in [6.45, 7) is 6.80. The number of aromatic amines is 1. The number of fused-ring (bicyclic) bond motifs is 1. The molecule has 6 heteroatoms. The van der Waals surface area contributed by atoms with Gasteiger partial charge < -0.3 is 19.8 Å². The number of hydrogen-bond acceptors (Lipinski definition) is 4. The second-order valence-electron chi connectivity index (χ2n) is 5.99. The summed E-state index contributed by atoms with van der Waals surface area (Å²) in [5, 5.41) is 3.26. The van der Waals surface area contributed by atoms with Crippen molar-refractivity contribution in [1.29, 1.82) is 0 Å². The smallest absolute Gasteiger partial charge is 0.408 e. The van der Waals surface area contributed by atoms with Crippen LogP contribution in [0.3, 0.4) is 0 Å².